The molecular formula is C24H22N2O5. The molecule has 0 spiro atoms. The third kappa shape index (κ3) is 6.71. The largest absolute Gasteiger partial charge is 0.513 e. The predicted octanol–water partition coefficient (Wildman–Crippen LogP) is 4.66. The van der Waals surface area contributed by atoms with E-state index >= 15 is 0 Å². The van der Waals surface area contributed by atoms with E-state index in [4.69, 9.17) is 9.47 Å². The van der Waals surface area contributed by atoms with Gasteiger partial charge in [-0.2, -0.15) is 0 Å². The van der Waals surface area contributed by atoms with Gasteiger partial charge >= 0.3 is 6.16 Å². The number of carbonyl (C=O) groups excluding carboxylic acids is 3. The van der Waals surface area contributed by atoms with Crippen molar-refractivity contribution in [1.29, 1.82) is 0 Å². The lowest BCUT2D eigenvalue weighted by Gasteiger charge is -2.09. The quantitative estimate of drug-likeness (QED) is 0.430. The van der Waals surface area contributed by atoms with Gasteiger partial charge in [-0.1, -0.05) is 30.3 Å². The Morgan fingerprint density at radius 3 is 2.00 bits per heavy atom. The molecule has 7 heteroatoms. The second kappa shape index (κ2) is 10.6. The minimum Gasteiger partial charge on any atom is -0.434 e. The molecule has 0 radical (unpaired) electrons. The molecule has 31 heavy (non-hydrogen) atoms. The Hall–Kier alpha value is -4.13. The summed E-state index contributed by atoms with van der Waals surface area (Å²) in [5.74, 6) is -0.151. The molecule has 0 aromatic heterocycles. The number of ether oxygens (including phenoxy) is 2. The van der Waals surface area contributed by atoms with E-state index in [0.717, 1.165) is 5.56 Å². The molecule has 0 fully saturated rings. The number of carbonyl (C=O) groups is 3. The van der Waals surface area contributed by atoms with E-state index in [1.807, 2.05) is 30.3 Å². The van der Waals surface area contributed by atoms with Crippen LogP contribution in [0.15, 0.2) is 78.9 Å². The average molecular weight is 418 g/mol. The van der Waals surface area contributed by atoms with Gasteiger partial charge in [0, 0.05) is 16.9 Å². The third-order valence-electron chi connectivity index (χ3n) is 4.21. The summed E-state index contributed by atoms with van der Waals surface area (Å²) in [6.07, 6.45) is -0.509. The Kier molecular flexibility index (Phi) is 7.37. The van der Waals surface area contributed by atoms with Gasteiger partial charge in [0.05, 0.1) is 13.0 Å². The van der Waals surface area contributed by atoms with Crippen LogP contribution in [0.1, 0.15) is 22.8 Å². The van der Waals surface area contributed by atoms with Crippen molar-refractivity contribution in [2.75, 3.05) is 17.2 Å². The zero-order valence-electron chi connectivity index (χ0n) is 17.0. The molecule has 2 N–H and O–H groups in total. The zero-order valence-corrected chi connectivity index (χ0v) is 17.0. The Balaban J connectivity index is 1.52. The molecule has 0 aliphatic carbocycles. The lowest BCUT2D eigenvalue weighted by molar-refractivity contribution is -0.115. The first kappa shape index (κ1) is 21.6. The van der Waals surface area contributed by atoms with Gasteiger partial charge in [0.1, 0.15) is 5.75 Å². The van der Waals surface area contributed by atoms with Gasteiger partial charge in [-0.3, -0.25) is 9.59 Å². The monoisotopic (exact) mass is 418 g/mol. The summed E-state index contributed by atoms with van der Waals surface area (Å²) in [5.41, 5.74) is 2.55. The minimum atomic E-state index is -0.796. The minimum absolute atomic E-state index is 0.117. The maximum absolute atomic E-state index is 12.4. The lowest BCUT2D eigenvalue weighted by atomic mass is 10.1. The molecule has 2 amide bonds. The molecule has 0 aliphatic heterocycles. The molecule has 0 heterocycles. The van der Waals surface area contributed by atoms with Crippen molar-refractivity contribution in [3.63, 3.8) is 0 Å². The normalized spacial score (nSPS) is 10.1. The number of rotatable bonds is 7. The summed E-state index contributed by atoms with van der Waals surface area (Å²) in [6.45, 7) is 1.90. The second-order valence-electron chi connectivity index (χ2n) is 6.55. The first-order valence-electron chi connectivity index (χ1n) is 9.73. The van der Waals surface area contributed by atoms with Crippen LogP contribution in [0.3, 0.4) is 0 Å². The fourth-order valence-corrected chi connectivity index (χ4v) is 2.74. The van der Waals surface area contributed by atoms with Crippen LogP contribution in [0.5, 0.6) is 5.75 Å². The van der Waals surface area contributed by atoms with Gasteiger partial charge in [-0.05, 0) is 61.0 Å². The Morgan fingerprint density at radius 1 is 0.774 bits per heavy atom. The molecule has 158 valence electrons. The molecule has 7 nitrogen and oxygen atoms in total. The van der Waals surface area contributed by atoms with Gasteiger partial charge < -0.3 is 20.1 Å². The van der Waals surface area contributed by atoms with Gasteiger partial charge in [-0.15, -0.1) is 0 Å². The molecule has 0 bridgehead atoms. The van der Waals surface area contributed by atoms with E-state index in [0.29, 0.717) is 16.9 Å². The summed E-state index contributed by atoms with van der Waals surface area (Å²) >= 11 is 0. The van der Waals surface area contributed by atoms with Crippen molar-refractivity contribution in [2.45, 2.75) is 13.3 Å². The van der Waals surface area contributed by atoms with E-state index in [1.54, 1.807) is 43.3 Å². The summed E-state index contributed by atoms with van der Waals surface area (Å²) < 4.78 is 9.66. The van der Waals surface area contributed by atoms with Crippen LogP contribution in [0.25, 0.3) is 0 Å². The first-order valence-corrected chi connectivity index (χ1v) is 9.73. The number of hydrogen-bond donors (Lipinski definition) is 2. The van der Waals surface area contributed by atoms with Crippen LogP contribution < -0.4 is 15.4 Å². The lowest BCUT2D eigenvalue weighted by Crippen LogP contribution is -2.15. The van der Waals surface area contributed by atoms with Crippen molar-refractivity contribution in [2.24, 2.45) is 0 Å². The second-order valence-corrected chi connectivity index (χ2v) is 6.55. The summed E-state index contributed by atoms with van der Waals surface area (Å²) in [5, 5.41) is 5.61. The standard InChI is InChI=1S/C24H22N2O5/c1-2-30-24(29)31-21-14-8-18(9-15-21)23(28)26-20-12-10-19(11-13-20)25-22(27)16-17-6-4-3-5-7-17/h3-15H,2,16H2,1H3,(H,25,27)(H,26,28). The van der Waals surface area contributed by atoms with Crippen molar-refractivity contribution in [1.82, 2.24) is 0 Å². The molecule has 0 saturated carbocycles. The molecule has 0 atom stereocenters. The molecule has 0 aliphatic rings. The summed E-state index contributed by atoms with van der Waals surface area (Å²) in [6, 6.07) is 22.4. The Bertz CT molecular complexity index is 1030. The summed E-state index contributed by atoms with van der Waals surface area (Å²) in [7, 11) is 0. The van der Waals surface area contributed by atoms with Crippen molar-refractivity contribution in [3.8, 4) is 5.75 Å². The van der Waals surface area contributed by atoms with Crippen LogP contribution in [-0.4, -0.2) is 24.6 Å². The molecule has 0 unspecified atom stereocenters. The smallest absolute Gasteiger partial charge is 0.434 e. The van der Waals surface area contributed by atoms with Crippen LogP contribution in [0.2, 0.25) is 0 Å². The molecule has 0 saturated heterocycles. The average Bonchev–Trinajstić information content (AvgIpc) is 2.76. The van der Waals surface area contributed by atoms with E-state index in [2.05, 4.69) is 10.6 Å². The van der Waals surface area contributed by atoms with E-state index in [-0.39, 0.29) is 30.6 Å². The van der Waals surface area contributed by atoms with Gasteiger partial charge in [-0.25, -0.2) is 4.79 Å². The van der Waals surface area contributed by atoms with Crippen LogP contribution >= 0.6 is 0 Å². The Morgan fingerprint density at radius 2 is 1.39 bits per heavy atom. The molecule has 3 rings (SSSR count). The topological polar surface area (TPSA) is 93.7 Å². The van der Waals surface area contributed by atoms with Crippen LogP contribution in [-0.2, 0) is 16.0 Å². The van der Waals surface area contributed by atoms with E-state index < -0.39 is 6.16 Å². The number of anilines is 2. The maximum atomic E-state index is 12.4. The highest BCUT2D eigenvalue weighted by molar-refractivity contribution is 6.04. The highest BCUT2D eigenvalue weighted by atomic mass is 16.7. The van der Waals surface area contributed by atoms with Crippen molar-refractivity contribution < 1.29 is 23.9 Å². The highest BCUT2D eigenvalue weighted by Crippen LogP contribution is 2.17. The highest BCUT2D eigenvalue weighted by Gasteiger charge is 2.09. The fourth-order valence-electron chi connectivity index (χ4n) is 2.74. The van der Waals surface area contributed by atoms with Crippen molar-refractivity contribution >= 4 is 29.3 Å². The van der Waals surface area contributed by atoms with E-state index in [1.165, 1.54) is 12.1 Å². The van der Waals surface area contributed by atoms with Crippen LogP contribution in [0, 0.1) is 0 Å². The SMILES string of the molecule is CCOC(=O)Oc1ccc(C(=O)Nc2ccc(NC(=O)Cc3ccccc3)cc2)cc1. The van der Waals surface area contributed by atoms with Gasteiger partial charge in [0.15, 0.2) is 0 Å². The first-order chi connectivity index (χ1) is 15.0. The molecule has 3 aromatic carbocycles. The summed E-state index contributed by atoms with van der Waals surface area (Å²) in [4.78, 5) is 35.9. The predicted molar refractivity (Wildman–Crippen MR) is 117 cm³/mol. The van der Waals surface area contributed by atoms with Crippen LogP contribution in [0.4, 0.5) is 16.2 Å². The van der Waals surface area contributed by atoms with Gasteiger partial charge in [0.25, 0.3) is 5.91 Å². The third-order valence-corrected chi connectivity index (χ3v) is 4.21. The number of benzene rings is 3. The van der Waals surface area contributed by atoms with E-state index in [9.17, 15) is 14.4 Å². The van der Waals surface area contributed by atoms with Gasteiger partial charge in [0.2, 0.25) is 5.91 Å². The number of hydrogen-bond acceptors (Lipinski definition) is 5. The maximum Gasteiger partial charge on any atom is 0.513 e. The molecular weight excluding hydrogens is 396 g/mol. The number of nitrogens with one attached hydrogen (secondary N) is 2. The number of amides is 2. The fraction of sp³-hybridized carbons (Fsp3) is 0.125. The molecule has 3 aromatic rings. The Labute approximate surface area is 180 Å². The van der Waals surface area contributed by atoms with Crippen molar-refractivity contribution in [3.05, 3.63) is 90.0 Å². The zero-order chi connectivity index (χ0) is 22.1.